The van der Waals surface area contributed by atoms with Crippen molar-refractivity contribution in [3.8, 4) is 5.75 Å². The zero-order chi connectivity index (χ0) is 20.8. The summed E-state index contributed by atoms with van der Waals surface area (Å²) in [4.78, 5) is 12.4. The molecule has 152 valence electrons. The Bertz CT molecular complexity index is 945. The normalized spacial score (nSPS) is 13.0. The van der Waals surface area contributed by atoms with Crippen molar-refractivity contribution >= 4 is 17.7 Å². The van der Waals surface area contributed by atoms with Gasteiger partial charge in [-0.25, -0.2) is 4.39 Å². The zero-order valence-electron chi connectivity index (χ0n) is 16.4. The van der Waals surface area contributed by atoms with Gasteiger partial charge in [0, 0.05) is 0 Å². The van der Waals surface area contributed by atoms with E-state index in [1.54, 1.807) is 26.2 Å². The second-order valence-electron chi connectivity index (χ2n) is 6.53. The second-order valence-corrected chi connectivity index (χ2v) is 7.82. The van der Waals surface area contributed by atoms with Crippen LogP contribution in [0.1, 0.15) is 36.9 Å². The molecule has 2 aromatic carbocycles. The summed E-state index contributed by atoms with van der Waals surface area (Å²) in [5, 5.41) is 10.9. The van der Waals surface area contributed by atoms with E-state index in [0.29, 0.717) is 17.5 Å². The van der Waals surface area contributed by atoms with Crippen molar-refractivity contribution in [3.05, 3.63) is 71.4 Å². The Kier molecular flexibility index (Phi) is 6.87. The van der Waals surface area contributed by atoms with Crippen LogP contribution in [0.4, 0.5) is 4.39 Å². The third-order valence-electron chi connectivity index (χ3n) is 4.34. The molecule has 0 unspecified atom stereocenters. The van der Waals surface area contributed by atoms with Crippen LogP contribution < -0.4 is 10.1 Å². The van der Waals surface area contributed by atoms with Crippen LogP contribution in [0.5, 0.6) is 5.75 Å². The topological polar surface area (TPSA) is 77.2 Å². The third-order valence-corrected chi connectivity index (χ3v) is 5.27. The van der Waals surface area contributed by atoms with Crippen molar-refractivity contribution in [1.29, 1.82) is 0 Å². The van der Waals surface area contributed by atoms with Gasteiger partial charge in [0.2, 0.25) is 11.8 Å². The Morgan fingerprint density at radius 3 is 2.48 bits per heavy atom. The fourth-order valence-corrected chi connectivity index (χ4v) is 3.36. The Balaban J connectivity index is 1.53. The van der Waals surface area contributed by atoms with Crippen LogP contribution in [0, 0.1) is 5.82 Å². The van der Waals surface area contributed by atoms with Gasteiger partial charge >= 0.3 is 0 Å². The number of hydrogen-bond donors (Lipinski definition) is 1. The third kappa shape index (κ3) is 5.80. The first-order valence-corrected chi connectivity index (χ1v) is 10.0. The van der Waals surface area contributed by atoms with E-state index in [1.165, 1.54) is 23.9 Å². The first-order chi connectivity index (χ1) is 13.9. The predicted octanol–water partition coefficient (Wildman–Crippen LogP) is 4.17. The minimum absolute atomic E-state index is 0.165. The predicted molar refractivity (Wildman–Crippen MR) is 108 cm³/mol. The highest BCUT2D eigenvalue weighted by atomic mass is 32.2. The maximum atomic E-state index is 13.0. The average molecular weight is 415 g/mol. The van der Waals surface area contributed by atoms with Gasteiger partial charge in [0.15, 0.2) is 0 Å². The van der Waals surface area contributed by atoms with Crippen LogP contribution in [-0.2, 0) is 11.2 Å². The fourth-order valence-electron chi connectivity index (χ4n) is 2.65. The molecule has 2 atom stereocenters. The number of ether oxygens (including phenoxy) is 1. The fraction of sp³-hybridized carbons (Fsp3) is 0.286. The first kappa shape index (κ1) is 20.9. The summed E-state index contributed by atoms with van der Waals surface area (Å²) in [7, 11) is 1.62. The summed E-state index contributed by atoms with van der Waals surface area (Å²) < 4.78 is 23.8. The minimum atomic E-state index is -0.424. The van der Waals surface area contributed by atoms with Gasteiger partial charge in [0.25, 0.3) is 5.22 Å². The molecule has 0 fully saturated rings. The lowest BCUT2D eigenvalue weighted by Crippen LogP contribution is -2.33. The highest BCUT2D eigenvalue weighted by Gasteiger charge is 2.20. The number of carbonyl (C=O) groups excluding carboxylic acids is 1. The monoisotopic (exact) mass is 415 g/mol. The van der Waals surface area contributed by atoms with Gasteiger partial charge < -0.3 is 14.5 Å². The second kappa shape index (κ2) is 9.56. The molecule has 0 saturated carbocycles. The molecule has 1 aromatic heterocycles. The molecule has 29 heavy (non-hydrogen) atoms. The summed E-state index contributed by atoms with van der Waals surface area (Å²) in [5.41, 5.74) is 1.85. The van der Waals surface area contributed by atoms with Crippen molar-refractivity contribution in [1.82, 2.24) is 15.5 Å². The van der Waals surface area contributed by atoms with E-state index in [1.807, 2.05) is 31.2 Å². The minimum Gasteiger partial charge on any atom is -0.497 e. The van der Waals surface area contributed by atoms with E-state index in [0.717, 1.165) is 16.9 Å². The summed E-state index contributed by atoms with van der Waals surface area (Å²) in [6.45, 7) is 3.62. The number of rotatable bonds is 8. The highest BCUT2D eigenvalue weighted by molar-refractivity contribution is 8.00. The number of thioether (sulfide) groups is 1. The van der Waals surface area contributed by atoms with Gasteiger partial charge in [0.1, 0.15) is 11.6 Å². The van der Waals surface area contributed by atoms with Crippen molar-refractivity contribution in [2.75, 3.05) is 7.11 Å². The molecule has 6 nitrogen and oxygen atoms in total. The molecule has 0 spiro atoms. The number of benzene rings is 2. The van der Waals surface area contributed by atoms with Gasteiger partial charge in [-0.2, -0.15) is 0 Å². The Labute approximate surface area is 172 Å². The highest BCUT2D eigenvalue weighted by Crippen LogP contribution is 2.24. The lowest BCUT2D eigenvalue weighted by atomic mass is 10.1. The van der Waals surface area contributed by atoms with Crippen molar-refractivity contribution in [2.24, 2.45) is 0 Å². The van der Waals surface area contributed by atoms with E-state index in [2.05, 4.69) is 15.5 Å². The molecule has 0 saturated heterocycles. The van der Waals surface area contributed by atoms with E-state index < -0.39 is 5.25 Å². The van der Waals surface area contributed by atoms with Crippen LogP contribution in [0.15, 0.2) is 58.2 Å². The molecule has 0 aliphatic carbocycles. The molecule has 0 aliphatic rings. The molecule has 0 radical (unpaired) electrons. The number of aromatic nitrogens is 2. The van der Waals surface area contributed by atoms with Gasteiger partial charge in [-0.3, -0.25) is 4.79 Å². The molecule has 1 amide bonds. The van der Waals surface area contributed by atoms with E-state index in [4.69, 9.17) is 9.15 Å². The van der Waals surface area contributed by atoms with E-state index in [9.17, 15) is 9.18 Å². The van der Waals surface area contributed by atoms with Crippen LogP contribution >= 0.6 is 11.8 Å². The van der Waals surface area contributed by atoms with Crippen molar-refractivity contribution in [3.63, 3.8) is 0 Å². The van der Waals surface area contributed by atoms with Gasteiger partial charge in [-0.15, -0.1) is 10.2 Å². The first-order valence-electron chi connectivity index (χ1n) is 9.12. The van der Waals surface area contributed by atoms with Crippen LogP contribution in [0.25, 0.3) is 0 Å². The lowest BCUT2D eigenvalue weighted by Gasteiger charge is -2.16. The number of methoxy groups -OCH3 is 1. The molecule has 3 aromatic rings. The van der Waals surface area contributed by atoms with Crippen molar-refractivity contribution < 1.29 is 18.3 Å². The summed E-state index contributed by atoms with van der Waals surface area (Å²) in [6.07, 6.45) is 0.500. The number of nitrogens with one attached hydrogen (secondary N) is 1. The van der Waals surface area contributed by atoms with Gasteiger partial charge in [0.05, 0.1) is 24.8 Å². The molecule has 8 heteroatoms. The summed E-state index contributed by atoms with van der Waals surface area (Å²) >= 11 is 1.20. The summed E-state index contributed by atoms with van der Waals surface area (Å²) in [5.74, 6) is 0.787. The summed E-state index contributed by atoms with van der Waals surface area (Å²) in [6, 6.07) is 13.4. The van der Waals surface area contributed by atoms with Crippen LogP contribution in [0.2, 0.25) is 0 Å². The number of amides is 1. The number of halogens is 1. The molecule has 0 bridgehead atoms. The molecule has 1 heterocycles. The van der Waals surface area contributed by atoms with E-state index >= 15 is 0 Å². The maximum Gasteiger partial charge on any atom is 0.277 e. The van der Waals surface area contributed by atoms with Crippen LogP contribution in [-0.4, -0.2) is 28.5 Å². The molecule has 3 rings (SSSR count). The SMILES string of the molecule is COc1ccc(Cc2nnc(S[C@@H](C)C(=O)N[C@@H](C)c3ccc(F)cc3)o2)cc1. The van der Waals surface area contributed by atoms with Gasteiger partial charge in [-0.1, -0.05) is 36.0 Å². The smallest absolute Gasteiger partial charge is 0.277 e. The lowest BCUT2D eigenvalue weighted by molar-refractivity contribution is -0.120. The van der Waals surface area contributed by atoms with E-state index in [-0.39, 0.29) is 17.8 Å². The van der Waals surface area contributed by atoms with Crippen LogP contribution in [0.3, 0.4) is 0 Å². The largest absolute Gasteiger partial charge is 0.497 e. The Hall–Kier alpha value is -2.87. The number of carbonyl (C=O) groups is 1. The number of nitrogens with zero attached hydrogens (tertiary/aromatic N) is 2. The molecular formula is C21H22FN3O3S. The quantitative estimate of drug-likeness (QED) is 0.557. The molecule has 0 aliphatic heterocycles. The average Bonchev–Trinajstić information content (AvgIpc) is 3.15. The zero-order valence-corrected chi connectivity index (χ0v) is 17.2. The Morgan fingerprint density at radius 1 is 1.14 bits per heavy atom. The molecular weight excluding hydrogens is 393 g/mol. The maximum absolute atomic E-state index is 13.0. The molecule has 1 N–H and O–H groups in total. The van der Waals surface area contributed by atoms with Crippen molar-refractivity contribution in [2.45, 2.75) is 36.8 Å². The number of hydrogen-bond acceptors (Lipinski definition) is 6. The standard InChI is InChI=1S/C21H22FN3O3S/c1-13(16-6-8-17(22)9-7-16)23-20(26)14(2)29-21-25-24-19(28-21)12-15-4-10-18(27-3)11-5-15/h4-11,13-14H,12H2,1-3H3,(H,23,26)/t13-,14-/m0/s1. The van der Waals surface area contributed by atoms with Gasteiger partial charge in [-0.05, 0) is 49.2 Å². The Morgan fingerprint density at radius 2 is 1.83 bits per heavy atom.